The second kappa shape index (κ2) is 6.80. The van der Waals surface area contributed by atoms with Gasteiger partial charge in [0.1, 0.15) is 8.96 Å². The van der Waals surface area contributed by atoms with Gasteiger partial charge in [0.05, 0.1) is 0 Å². The minimum atomic E-state index is -0.647. The molecule has 0 heterocycles. The molecule has 0 radical (unpaired) electrons. The predicted octanol–water partition coefficient (Wildman–Crippen LogP) is 3.99. The third-order valence-electron chi connectivity index (χ3n) is 4.76. The molecule has 2 saturated carbocycles. The molecule has 0 atom stereocenters. The fourth-order valence-corrected chi connectivity index (χ4v) is 8.23. The Labute approximate surface area is 103 Å². The van der Waals surface area contributed by atoms with E-state index >= 15 is 0 Å². The predicted molar refractivity (Wildman–Crippen MR) is 74.5 cm³/mol. The average Bonchev–Trinajstić information content (AvgIpc) is 2.38. The van der Waals surface area contributed by atoms with E-state index < -0.39 is 8.96 Å². The van der Waals surface area contributed by atoms with Crippen LogP contribution in [-0.4, -0.2) is 15.5 Å². The molecule has 0 spiro atoms. The molecule has 0 aromatic rings. The molecule has 0 aliphatic heterocycles. The van der Waals surface area contributed by atoms with Gasteiger partial charge in [-0.1, -0.05) is 71.1 Å². The van der Waals surface area contributed by atoms with Gasteiger partial charge in [-0.2, -0.15) is 0 Å². The van der Waals surface area contributed by atoms with Crippen LogP contribution in [0.4, 0.5) is 0 Å². The van der Waals surface area contributed by atoms with Gasteiger partial charge in [0.25, 0.3) is 0 Å². The van der Waals surface area contributed by atoms with Crippen molar-refractivity contribution in [3.8, 4) is 0 Å². The summed E-state index contributed by atoms with van der Waals surface area (Å²) in [5, 5.41) is 0. The summed E-state index contributed by atoms with van der Waals surface area (Å²) in [5.74, 6) is 0. The largest absolute Gasteiger partial charge is 0.339 e. The van der Waals surface area contributed by atoms with Crippen LogP contribution in [0.1, 0.15) is 71.1 Å². The van der Waals surface area contributed by atoms with E-state index in [0.717, 1.165) is 11.1 Å². The van der Waals surface area contributed by atoms with Crippen LogP contribution in [0.25, 0.3) is 0 Å². The van der Waals surface area contributed by atoms with E-state index in [0.29, 0.717) is 0 Å². The molecule has 0 aromatic carbocycles. The zero-order valence-electron chi connectivity index (χ0n) is 11.0. The third kappa shape index (κ3) is 3.33. The van der Waals surface area contributed by atoms with Crippen LogP contribution in [0.2, 0.25) is 11.1 Å². The van der Waals surface area contributed by atoms with Crippen molar-refractivity contribution in [3.63, 3.8) is 0 Å². The van der Waals surface area contributed by atoms with E-state index in [1.54, 1.807) is 25.7 Å². The Morgan fingerprint density at radius 1 is 0.812 bits per heavy atom. The smallest absolute Gasteiger partial charge is 0.115 e. The monoisotopic (exact) mass is 239 g/mol. The fraction of sp³-hybridized carbons (Fsp3) is 1.00. The molecule has 16 heavy (non-hydrogen) atoms. The molecule has 0 bridgehead atoms. The molecule has 2 heteroatoms. The maximum Gasteiger partial charge on any atom is 0.115 e. The topological polar surface area (TPSA) is 12.0 Å². The molecule has 1 nitrogen and oxygen atoms in total. The van der Waals surface area contributed by atoms with Gasteiger partial charge in [-0.05, 0) is 17.6 Å². The highest BCUT2D eigenvalue weighted by molar-refractivity contribution is 6.59. The first-order valence-electron chi connectivity index (χ1n) is 7.65. The number of hydrogen-bond acceptors (Lipinski definition) is 1. The van der Waals surface area contributed by atoms with Gasteiger partial charge in [-0.25, -0.2) is 0 Å². The molecule has 1 N–H and O–H groups in total. The standard InChI is InChI=1S/C14H29NSi/c1-2-15-16(13-9-5-3-6-10-13)14-11-7-4-8-12-14/h13-16H,2-12H2,1H3. The van der Waals surface area contributed by atoms with Gasteiger partial charge < -0.3 is 4.98 Å². The molecule has 2 rings (SSSR count). The Morgan fingerprint density at radius 3 is 1.62 bits per heavy atom. The molecule has 2 aliphatic rings. The Morgan fingerprint density at radius 2 is 1.25 bits per heavy atom. The highest BCUT2D eigenvalue weighted by Gasteiger charge is 2.32. The maximum atomic E-state index is 3.96. The van der Waals surface area contributed by atoms with Gasteiger partial charge in [-0.15, -0.1) is 0 Å². The molecule has 2 fully saturated rings. The molecular weight excluding hydrogens is 210 g/mol. The Hall–Kier alpha value is 0.177. The molecule has 94 valence electrons. The normalized spacial score (nSPS) is 25.1. The van der Waals surface area contributed by atoms with Crippen LogP contribution in [-0.2, 0) is 0 Å². The summed E-state index contributed by atoms with van der Waals surface area (Å²) in [6, 6.07) is 0. The van der Waals surface area contributed by atoms with Crippen molar-refractivity contribution >= 4 is 8.96 Å². The van der Waals surface area contributed by atoms with Crippen molar-refractivity contribution < 1.29 is 0 Å². The van der Waals surface area contributed by atoms with E-state index in [2.05, 4.69) is 11.9 Å². The first kappa shape index (κ1) is 12.6. The summed E-state index contributed by atoms with van der Waals surface area (Å²) in [5.41, 5.74) is 2.27. The summed E-state index contributed by atoms with van der Waals surface area (Å²) in [6.45, 7) is 3.54. The zero-order valence-corrected chi connectivity index (χ0v) is 12.2. The lowest BCUT2D eigenvalue weighted by Crippen LogP contribution is -2.43. The zero-order chi connectivity index (χ0) is 11.2. The first-order valence-corrected chi connectivity index (χ1v) is 9.56. The second-order valence-corrected chi connectivity index (χ2v) is 9.23. The number of rotatable bonds is 4. The first-order chi connectivity index (χ1) is 7.92. The van der Waals surface area contributed by atoms with E-state index in [1.807, 2.05) is 0 Å². The summed E-state index contributed by atoms with van der Waals surface area (Å²) < 4.78 is 0. The van der Waals surface area contributed by atoms with Gasteiger partial charge in [-0.3, -0.25) is 0 Å². The summed E-state index contributed by atoms with van der Waals surface area (Å²) in [6.07, 6.45) is 15.3. The van der Waals surface area contributed by atoms with Crippen molar-refractivity contribution in [2.45, 2.75) is 82.2 Å². The van der Waals surface area contributed by atoms with E-state index in [4.69, 9.17) is 0 Å². The Kier molecular flexibility index (Phi) is 5.37. The lowest BCUT2D eigenvalue weighted by Gasteiger charge is -2.37. The van der Waals surface area contributed by atoms with Crippen LogP contribution >= 0.6 is 0 Å². The summed E-state index contributed by atoms with van der Waals surface area (Å²) >= 11 is 0. The summed E-state index contributed by atoms with van der Waals surface area (Å²) in [7, 11) is -0.647. The van der Waals surface area contributed by atoms with Gasteiger partial charge in [0.2, 0.25) is 0 Å². The molecular formula is C14H29NSi. The Bertz CT molecular complexity index is 165. The van der Waals surface area contributed by atoms with Crippen LogP contribution in [0.3, 0.4) is 0 Å². The lowest BCUT2D eigenvalue weighted by atomic mass is 9.99. The highest BCUT2D eigenvalue weighted by Crippen LogP contribution is 2.40. The van der Waals surface area contributed by atoms with Gasteiger partial charge in [0, 0.05) is 0 Å². The molecule has 0 aromatic heterocycles. The lowest BCUT2D eigenvalue weighted by molar-refractivity contribution is 0.455. The van der Waals surface area contributed by atoms with E-state index in [-0.39, 0.29) is 0 Å². The molecule has 0 amide bonds. The molecule has 2 aliphatic carbocycles. The third-order valence-corrected chi connectivity index (χ3v) is 9.00. The SMILES string of the molecule is CCN[SiH](C1CCCCC1)C1CCCCC1. The van der Waals surface area contributed by atoms with E-state index in [1.165, 1.54) is 45.1 Å². The van der Waals surface area contributed by atoms with Gasteiger partial charge >= 0.3 is 0 Å². The quantitative estimate of drug-likeness (QED) is 0.732. The van der Waals surface area contributed by atoms with Crippen LogP contribution < -0.4 is 4.98 Å². The van der Waals surface area contributed by atoms with Crippen molar-refractivity contribution in [2.75, 3.05) is 6.54 Å². The number of nitrogens with one attached hydrogen (secondary N) is 1. The van der Waals surface area contributed by atoms with Crippen LogP contribution in [0.15, 0.2) is 0 Å². The van der Waals surface area contributed by atoms with E-state index in [9.17, 15) is 0 Å². The minimum Gasteiger partial charge on any atom is -0.339 e. The fourth-order valence-electron chi connectivity index (χ4n) is 3.94. The summed E-state index contributed by atoms with van der Waals surface area (Å²) in [4.78, 5) is 3.96. The second-order valence-electron chi connectivity index (χ2n) is 5.88. The van der Waals surface area contributed by atoms with Crippen molar-refractivity contribution in [1.29, 1.82) is 0 Å². The molecule has 0 saturated heterocycles. The Balaban J connectivity index is 1.91. The van der Waals surface area contributed by atoms with Crippen molar-refractivity contribution in [3.05, 3.63) is 0 Å². The maximum absolute atomic E-state index is 3.96. The highest BCUT2D eigenvalue weighted by atomic mass is 28.3. The van der Waals surface area contributed by atoms with Crippen molar-refractivity contribution in [2.24, 2.45) is 0 Å². The molecule has 0 unspecified atom stereocenters. The van der Waals surface area contributed by atoms with Crippen LogP contribution in [0.5, 0.6) is 0 Å². The van der Waals surface area contributed by atoms with Gasteiger partial charge in [0.15, 0.2) is 0 Å². The van der Waals surface area contributed by atoms with Crippen LogP contribution in [0, 0.1) is 0 Å². The average molecular weight is 239 g/mol. The minimum absolute atomic E-state index is 0.647. The van der Waals surface area contributed by atoms with Crippen molar-refractivity contribution in [1.82, 2.24) is 4.98 Å². The number of hydrogen-bond donors (Lipinski definition) is 1.